The SMILES string of the molecule is COc1cc(C#N)ccc1OC(C)C(=O)NCc1ccc2c(c1)OCO2. The van der Waals surface area contributed by atoms with Gasteiger partial charge in [0.05, 0.1) is 18.7 Å². The number of amides is 1. The van der Waals surface area contributed by atoms with Crippen LogP contribution >= 0.6 is 0 Å². The summed E-state index contributed by atoms with van der Waals surface area (Å²) in [6.07, 6.45) is -0.731. The summed E-state index contributed by atoms with van der Waals surface area (Å²) in [5.41, 5.74) is 1.35. The number of nitriles is 1. The Morgan fingerprint density at radius 2 is 2.04 bits per heavy atom. The standard InChI is InChI=1S/C19H18N2O5/c1-12(26-16-6-3-13(9-20)7-17(16)23-2)19(22)21-10-14-4-5-15-18(8-14)25-11-24-15/h3-8,12H,10-11H2,1-2H3,(H,21,22). The van der Waals surface area contributed by atoms with Crippen molar-refractivity contribution in [3.63, 3.8) is 0 Å². The summed E-state index contributed by atoms with van der Waals surface area (Å²) in [6, 6.07) is 12.3. The van der Waals surface area contributed by atoms with Crippen LogP contribution in [0.3, 0.4) is 0 Å². The third-order valence-electron chi connectivity index (χ3n) is 3.87. The Balaban J connectivity index is 1.59. The first kappa shape index (κ1) is 17.4. The van der Waals surface area contributed by atoms with Crippen LogP contribution in [0, 0.1) is 11.3 Å². The first-order valence-electron chi connectivity index (χ1n) is 8.01. The van der Waals surface area contributed by atoms with Gasteiger partial charge in [-0.2, -0.15) is 5.26 Å². The lowest BCUT2D eigenvalue weighted by Crippen LogP contribution is -2.35. The highest BCUT2D eigenvalue weighted by Crippen LogP contribution is 2.32. The number of nitrogens with zero attached hydrogens (tertiary/aromatic N) is 1. The smallest absolute Gasteiger partial charge is 0.261 e. The van der Waals surface area contributed by atoms with Gasteiger partial charge < -0.3 is 24.3 Å². The van der Waals surface area contributed by atoms with Gasteiger partial charge in [-0.3, -0.25) is 4.79 Å². The van der Waals surface area contributed by atoms with Crippen molar-refractivity contribution in [2.45, 2.75) is 19.6 Å². The molecule has 1 amide bonds. The molecule has 0 spiro atoms. The number of nitrogens with one attached hydrogen (secondary N) is 1. The number of hydrogen-bond acceptors (Lipinski definition) is 6. The molecule has 7 heteroatoms. The second-order valence-electron chi connectivity index (χ2n) is 5.64. The van der Waals surface area contributed by atoms with Gasteiger partial charge in [-0.25, -0.2) is 0 Å². The Labute approximate surface area is 151 Å². The number of methoxy groups -OCH3 is 1. The van der Waals surface area contributed by atoms with E-state index in [2.05, 4.69) is 5.32 Å². The molecule has 1 atom stereocenters. The lowest BCUT2D eigenvalue weighted by molar-refractivity contribution is -0.127. The van der Waals surface area contributed by atoms with Gasteiger partial charge in [-0.1, -0.05) is 6.07 Å². The molecule has 2 aromatic rings. The van der Waals surface area contributed by atoms with Crippen LogP contribution in [-0.2, 0) is 11.3 Å². The van der Waals surface area contributed by atoms with E-state index in [1.165, 1.54) is 7.11 Å². The van der Waals surface area contributed by atoms with E-state index in [9.17, 15) is 4.79 Å². The molecule has 0 bridgehead atoms. The molecule has 0 aliphatic carbocycles. The average molecular weight is 354 g/mol. The number of carbonyl (C=O) groups is 1. The molecule has 26 heavy (non-hydrogen) atoms. The van der Waals surface area contributed by atoms with Crippen molar-refractivity contribution < 1.29 is 23.7 Å². The Kier molecular flexibility index (Phi) is 5.13. The summed E-state index contributed by atoms with van der Waals surface area (Å²) in [6.45, 7) is 2.20. The van der Waals surface area contributed by atoms with E-state index in [1.807, 2.05) is 24.3 Å². The second-order valence-corrected chi connectivity index (χ2v) is 5.64. The normalized spacial score (nSPS) is 12.8. The van der Waals surface area contributed by atoms with E-state index in [4.69, 9.17) is 24.2 Å². The van der Waals surface area contributed by atoms with E-state index in [0.29, 0.717) is 35.1 Å². The van der Waals surface area contributed by atoms with Crippen LogP contribution in [0.1, 0.15) is 18.1 Å². The second kappa shape index (κ2) is 7.66. The fraction of sp³-hybridized carbons (Fsp3) is 0.263. The van der Waals surface area contributed by atoms with Crippen molar-refractivity contribution in [1.29, 1.82) is 5.26 Å². The van der Waals surface area contributed by atoms with E-state index in [0.717, 1.165) is 5.56 Å². The Bertz CT molecular complexity index is 859. The summed E-state index contributed by atoms with van der Waals surface area (Å²) >= 11 is 0. The molecule has 2 aromatic carbocycles. The van der Waals surface area contributed by atoms with Crippen molar-refractivity contribution in [3.05, 3.63) is 47.5 Å². The molecular weight excluding hydrogens is 336 g/mol. The van der Waals surface area contributed by atoms with Gasteiger partial charge in [0, 0.05) is 12.6 Å². The van der Waals surface area contributed by atoms with Crippen molar-refractivity contribution in [1.82, 2.24) is 5.32 Å². The first-order valence-corrected chi connectivity index (χ1v) is 8.01. The van der Waals surface area contributed by atoms with Gasteiger partial charge in [-0.05, 0) is 36.8 Å². The number of fused-ring (bicyclic) bond motifs is 1. The van der Waals surface area contributed by atoms with Crippen LogP contribution in [0.25, 0.3) is 0 Å². The summed E-state index contributed by atoms with van der Waals surface area (Å²) in [5.74, 6) is 1.90. The fourth-order valence-corrected chi connectivity index (χ4v) is 2.46. The maximum atomic E-state index is 12.3. The first-order chi connectivity index (χ1) is 12.6. The molecule has 1 N–H and O–H groups in total. The molecule has 1 unspecified atom stereocenters. The molecule has 1 heterocycles. The van der Waals surface area contributed by atoms with Crippen LogP contribution in [0.4, 0.5) is 0 Å². The average Bonchev–Trinajstić information content (AvgIpc) is 3.14. The highest BCUT2D eigenvalue weighted by atomic mass is 16.7. The molecular formula is C19H18N2O5. The topological polar surface area (TPSA) is 89.8 Å². The molecule has 3 rings (SSSR count). The van der Waals surface area contributed by atoms with Gasteiger partial charge in [-0.15, -0.1) is 0 Å². The summed E-state index contributed by atoms with van der Waals surface area (Å²) in [7, 11) is 1.48. The van der Waals surface area contributed by atoms with Gasteiger partial charge in [0.2, 0.25) is 6.79 Å². The largest absolute Gasteiger partial charge is 0.493 e. The quantitative estimate of drug-likeness (QED) is 0.857. The number of hydrogen-bond donors (Lipinski definition) is 1. The molecule has 1 aliphatic rings. The number of ether oxygens (including phenoxy) is 4. The molecule has 134 valence electrons. The maximum Gasteiger partial charge on any atom is 0.261 e. The van der Waals surface area contributed by atoms with Crippen LogP contribution < -0.4 is 24.3 Å². The highest BCUT2D eigenvalue weighted by Gasteiger charge is 2.18. The van der Waals surface area contributed by atoms with E-state index in [1.54, 1.807) is 25.1 Å². The molecule has 0 radical (unpaired) electrons. The van der Waals surface area contributed by atoms with Gasteiger partial charge in [0.1, 0.15) is 0 Å². The molecule has 0 saturated heterocycles. The van der Waals surface area contributed by atoms with Crippen LogP contribution in [-0.4, -0.2) is 25.9 Å². The predicted octanol–water partition coefficient (Wildman–Crippen LogP) is 2.38. The van der Waals surface area contributed by atoms with Crippen LogP contribution in [0.5, 0.6) is 23.0 Å². The van der Waals surface area contributed by atoms with Crippen LogP contribution in [0.2, 0.25) is 0 Å². The monoisotopic (exact) mass is 354 g/mol. The molecule has 0 fully saturated rings. The van der Waals surface area contributed by atoms with Gasteiger partial charge >= 0.3 is 0 Å². The predicted molar refractivity (Wildman–Crippen MR) is 92.2 cm³/mol. The van der Waals surface area contributed by atoms with Crippen molar-refractivity contribution in [3.8, 4) is 29.1 Å². The van der Waals surface area contributed by atoms with Crippen molar-refractivity contribution >= 4 is 5.91 Å². The molecule has 0 aromatic heterocycles. The summed E-state index contributed by atoms with van der Waals surface area (Å²) in [5, 5.41) is 11.7. The highest BCUT2D eigenvalue weighted by molar-refractivity contribution is 5.80. The van der Waals surface area contributed by atoms with Gasteiger partial charge in [0.25, 0.3) is 5.91 Å². The van der Waals surface area contributed by atoms with E-state index >= 15 is 0 Å². The minimum absolute atomic E-state index is 0.211. The Morgan fingerprint density at radius 1 is 1.23 bits per heavy atom. The molecule has 1 aliphatic heterocycles. The zero-order chi connectivity index (χ0) is 18.5. The Morgan fingerprint density at radius 3 is 2.81 bits per heavy atom. The number of rotatable bonds is 6. The molecule has 7 nitrogen and oxygen atoms in total. The fourth-order valence-electron chi connectivity index (χ4n) is 2.46. The summed E-state index contributed by atoms with van der Waals surface area (Å²) < 4.78 is 21.5. The Hall–Kier alpha value is -3.40. The van der Waals surface area contributed by atoms with Crippen LogP contribution in [0.15, 0.2) is 36.4 Å². The zero-order valence-electron chi connectivity index (χ0n) is 14.4. The number of benzene rings is 2. The minimum atomic E-state index is -0.731. The van der Waals surface area contributed by atoms with Gasteiger partial charge in [0.15, 0.2) is 29.1 Å². The number of carbonyl (C=O) groups excluding carboxylic acids is 1. The van der Waals surface area contributed by atoms with Crippen molar-refractivity contribution in [2.24, 2.45) is 0 Å². The minimum Gasteiger partial charge on any atom is -0.493 e. The van der Waals surface area contributed by atoms with E-state index < -0.39 is 6.10 Å². The summed E-state index contributed by atoms with van der Waals surface area (Å²) in [4.78, 5) is 12.3. The lowest BCUT2D eigenvalue weighted by atomic mass is 10.2. The maximum absolute atomic E-state index is 12.3. The zero-order valence-corrected chi connectivity index (χ0v) is 14.4. The lowest BCUT2D eigenvalue weighted by Gasteiger charge is -2.17. The van der Waals surface area contributed by atoms with Crippen molar-refractivity contribution in [2.75, 3.05) is 13.9 Å². The third-order valence-corrected chi connectivity index (χ3v) is 3.87. The molecule has 0 saturated carbocycles. The van der Waals surface area contributed by atoms with E-state index in [-0.39, 0.29) is 12.7 Å². The third kappa shape index (κ3) is 3.81.